The third-order valence-electron chi connectivity index (χ3n) is 4.15. The van der Waals surface area contributed by atoms with Gasteiger partial charge in [0.1, 0.15) is 27.9 Å². The second kappa shape index (κ2) is 7.09. The molecule has 0 unspecified atom stereocenters. The minimum atomic E-state index is -1.25. The number of hydrogen-bond acceptors (Lipinski definition) is 7. The van der Waals surface area contributed by atoms with Gasteiger partial charge in [-0.15, -0.1) is 11.3 Å². The van der Waals surface area contributed by atoms with Gasteiger partial charge in [0.2, 0.25) is 0 Å². The van der Waals surface area contributed by atoms with Crippen molar-refractivity contribution in [1.29, 1.82) is 5.26 Å². The topological polar surface area (TPSA) is 107 Å². The van der Waals surface area contributed by atoms with Crippen LogP contribution in [0.5, 0.6) is 5.75 Å². The Morgan fingerprint density at radius 3 is 2.89 bits per heavy atom. The Morgan fingerprint density at radius 2 is 2.26 bits per heavy atom. The van der Waals surface area contributed by atoms with E-state index in [1.165, 1.54) is 24.6 Å². The molecule has 1 aliphatic rings. The van der Waals surface area contributed by atoms with Gasteiger partial charge in [-0.05, 0) is 31.5 Å². The van der Waals surface area contributed by atoms with E-state index in [-0.39, 0.29) is 5.57 Å². The molecule has 1 fully saturated rings. The number of carbonyl (C=O) groups is 2. The summed E-state index contributed by atoms with van der Waals surface area (Å²) in [4.78, 5) is 29.5. The van der Waals surface area contributed by atoms with Gasteiger partial charge >= 0.3 is 6.03 Å². The second-order valence-corrected chi connectivity index (χ2v) is 6.88. The zero-order valence-corrected chi connectivity index (χ0v) is 15.8. The predicted octanol–water partition coefficient (Wildman–Crippen LogP) is 2.30. The molecule has 1 aromatic carbocycles. The Labute approximate surface area is 160 Å². The number of thiazole rings is 1. The third kappa shape index (κ3) is 3.35. The first kappa shape index (κ1) is 18.4. The second-order valence-electron chi connectivity index (χ2n) is 6.02. The minimum Gasteiger partial charge on any atom is -0.497 e. The summed E-state index contributed by atoms with van der Waals surface area (Å²) >= 11 is 1.31. The van der Waals surface area contributed by atoms with Crippen molar-refractivity contribution < 1.29 is 14.3 Å². The van der Waals surface area contributed by atoms with Gasteiger partial charge in [-0.2, -0.15) is 10.3 Å². The van der Waals surface area contributed by atoms with Crippen molar-refractivity contribution in [3.8, 4) is 11.8 Å². The Bertz CT molecular complexity index is 977. The van der Waals surface area contributed by atoms with Crippen LogP contribution >= 0.6 is 11.3 Å². The average Bonchev–Trinajstić information content (AvgIpc) is 3.19. The van der Waals surface area contributed by atoms with E-state index in [0.29, 0.717) is 16.3 Å². The number of nitrogens with one attached hydrogen (secondary N) is 2. The zero-order valence-electron chi connectivity index (χ0n) is 14.9. The molecule has 1 aromatic heterocycles. The highest BCUT2D eigenvalue weighted by Crippen LogP contribution is 2.30. The highest BCUT2D eigenvalue weighted by molar-refractivity contribution is 7.10. The highest BCUT2D eigenvalue weighted by atomic mass is 32.1. The van der Waals surface area contributed by atoms with Gasteiger partial charge in [0, 0.05) is 17.3 Å². The smallest absolute Gasteiger partial charge is 0.344 e. The monoisotopic (exact) mass is 383 g/mol. The van der Waals surface area contributed by atoms with Gasteiger partial charge in [-0.1, -0.05) is 12.1 Å². The van der Waals surface area contributed by atoms with Crippen LogP contribution in [0, 0.1) is 18.3 Å². The van der Waals surface area contributed by atoms with Crippen LogP contribution in [0.1, 0.15) is 23.2 Å². The summed E-state index contributed by atoms with van der Waals surface area (Å²) in [5, 5.41) is 15.2. The maximum absolute atomic E-state index is 12.9. The van der Waals surface area contributed by atoms with Crippen molar-refractivity contribution >= 4 is 28.8 Å². The first-order valence-corrected chi connectivity index (χ1v) is 8.87. The Balaban J connectivity index is 1.85. The van der Waals surface area contributed by atoms with Crippen LogP contribution in [0.4, 0.5) is 4.79 Å². The Hall–Kier alpha value is -3.38. The van der Waals surface area contributed by atoms with Gasteiger partial charge in [0.25, 0.3) is 5.91 Å². The molecule has 0 radical (unpaired) electrons. The number of nitrogens with zero attached hydrogens (tertiary/aromatic N) is 3. The number of amides is 3. The molecular formula is C18H17N5O3S. The molecule has 2 heterocycles. The quantitative estimate of drug-likeness (QED) is 0.606. The molecule has 0 bridgehead atoms. The number of benzene rings is 1. The normalized spacial score (nSPS) is 19.6. The molecule has 1 atom stereocenters. The van der Waals surface area contributed by atoms with Crippen molar-refractivity contribution in [2.45, 2.75) is 19.4 Å². The van der Waals surface area contributed by atoms with Crippen molar-refractivity contribution in [3.63, 3.8) is 0 Å². The van der Waals surface area contributed by atoms with Gasteiger partial charge in [0.05, 0.1) is 7.11 Å². The van der Waals surface area contributed by atoms with Crippen LogP contribution < -0.4 is 15.5 Å². The highest BCUT2D eigenvalue weighted by Gasteiger charge is 2.49. The minimum absolute atomic E-state index is 0.226. The summed E-state index contributed by atoms with van der Waals surface area (Å²) in [5.41, 5.74) is 2.96. The molecule has 9 heteroatoms. The predicted molar refractivity (Wildman–Crippen MR) is 99.3 cm³/mol. The summed E-state index contributed by atoms with van der Waals surface area (Å²) in [6.07, 6.45) is 1.30. The van der Waals surface area contributed by atoms with Crippen molar-refractivity contribution in [1.82, 2.24) is 20.7 Å². The van der Waals surface area contributed by atoms with Crippen LogP contribution in [-0.4, -0.2) is 29.0 Å². The van der Waals surface area contributed by atoms with E-state index < -0.39 is 17.5 Å². The molecule has 8 nitrogen and oxygen atoms in total. The molecule has 1 saturated heterocycles. The number of hydrazine groups is 1. The molecule has 138 valence electrons. The van der Waals surface area contributed by atoms with Crippen molar-refractivity contribution in [2.75, 3.05) is 7.11 Å². The Kier molecular flexibility index (Phi) is 4.83. The van der Waals surface area contributed by atoms with Crippen LogP contribution in [0.3, 0.4) is 0 Å². The first-order valence-electron chi connectivity index (χ1n) is 7.99. The molecule has 0 saturated carbocycles. The molecule has 0 aliphatic carbocycles. The lowest BCUT2D eigenvalue weighted by atomic mass is 9.92. The van der Waals surface area contributed by atoms with Crippen molar-refractivity contribution in [2.24, 2.45) is 0 Å². The van der Waals surface area contributed by atoms with E-state index in [0.717, 1.165) is 10.7 Å². The van der Waals surface area contributed by atoms with Gasteiger partial charge in [-0.25, -0.2) is 9.78 Å². The van der Waals surface area contributed by atoms with Crippen LogP contribution in [-0.2, 0) is 10.3 Å². The van der Waals surface area contributed by atoms with Crippen molar-refractivity contribution in [3.05, 3.63) is 52.1 Å². The fourth-order valence-corrected chi connectivity index (χ4v) is 3.40. The lowest BCUT2D eigenvalue weighted by Gasteiger charge is -2.22. The lowest BCUT2D eigenvalue weighted by molar-refractivity contribution is -0.132. The van der Waals surface area contributed by atoms with E-state index in [1.807, 2.05) is 18.4 Å². The number of rotatable bonds is 5. The average molecular weight is 383 g/mol. The van der Waals surface area contributed by atoms with Gasteiger partial charge in [-0.3, -0.25) is 10.2 Å². The number of carbonyl (C=O) groups excluding carboxylic acids is 2. The van der Waals surface area contributed by atoms with E-state index in [1.54, 1.807) is 31.2 Å². The molecule has 0 spiro atoms. The molecule has 3 amide bonds. The van der Waals surface area contributed by atoms with E-state index in [2.05, 4.69) is 15.7 Å². The van der Waals surface area contributed by atoms with Gasteiger partial charge < -0.3 is 10.1 Å². The number of imide groups is 1. The summed E-state index contributed by atoms with van der Waals surface area (Å²) in [6.45, 7) is 3.43. The number of urea groups is 1. The first-order chi connectivity index (χ1) is 12.9. The van der Waals surface area contributed by atoms with Crippen LogP contribution in [0.15, 0.2) is 35.8 Å². The number of aromatic nitrogens is 1. The Morgan fingerprint density at radius 1 is 1.48 bits per heavy atom. The fourth-order valence-electron chi connectivity index (χ4n) is 2.63. The third-order valence-corrected chi connectivity index (χ3v) is 5.14. The summed E-state index contributed by atoms with van der Waals surface area (Å²) < 4.78 is 5.19. The van der Waals surface area contributed by atoms with Crippen LogP contribution in [0.2, 0.25) is 0 Å². The van der Waals surface area contributed by atoms with E-state index in [9.17, 15) is 14.9 Å². The number of nitriles is 1. The maximum Gasteiger partial charge on any atom is 0.344 e. The summed E-state index contributed by atoms with van der Waals surface area (Å²) in [7, 11) is 1.53. The molecule has 1 aliphatic heterocycles. The molecule has 27 heavy (non-hydrogen) atoms. The number of allylic oxidation sites excluding steroid dienone is 1. The molecule has 3 rings (SSSR count). The molecular weight excluding hydrogens is 366 g/mol. The largest absolute Gasteiger partial charge is 0.497 e. The standard InChI is InChI=1S/C18H17N5O3S/c1-11-10-27-15(21-11)12(8-19)9-20-23-16(24)18(2,22-17(23)25)13-5-4-6-14(7-13)26-3/h4-7,9-10,20H,1-3H3,(H,22,25)/b12-9+/t18-/m1/s1. The lowest BCUT2D eigenvalue weighted by Crippen LogP contribution is -2.43. The maximum atomic E-state index is 12.9. The number of hydrogen-bond donors (Lipinski definition) is 2. The summed E-state index contributed by atoms with van der Waals surface area (Å²) in [6, 6.07) is 8.32. The zero-order chi connectivity index (χ0) is 19.6. The number of methoxy groups -OCH3 is 1. The molecule has 2 N–H and O–H groups in total. The van der Waals surface area contributed by atoms with Crippen LogP contribution in [0.25, 0.3) is 5.57 Å². The fraction of sp³-hybridized carbons (Fsp3) is 0.222. The van der Waals surface area contributed by atoms with E-state index in [4.69, 9.17) is 4.74 Å². The SMILES string of the molecule is COc1cccc([C@@]2(C)NC(=O)N(N/C=C(\C#N)c3nc(C)cs3)C2=O)c1. The van der Waals surface area contributed by atoms with E-state index >= 15 is 0 Å². The number of aryl methyl sites for hydroxylation is 1. The molecule has 2 aromatic rings. The summed E-state index contributed by atoms with van der Waals surface area (Å²) in [5.74, 6) is 0.0811. The van der Waals surface area contributed by atoms with Gasteiger partial charge in [0.15, 0.2) is 0 Å². The number of ether oxygens (including phenoxy) is 1.